The number of ether oxygens (including phenoxy) is 1. The molecule has 2 aliphatic rings. The van der Waals surface area contributed by atoms with E-state index in [1.165, 1.54) is 19.3 Å². The second-order valence-corrected chi connectivity index (χ2v) is 8.27. The highest BCUT2D eigenvalue weighted by Crippen LogP contribution is 2.25. The van der Waals surface area contributed by atoms with Crippen LogP contribution in [-0.2, 0) is 14.8 Å². The van der Waals surface area contributed by atoms with Crippen LogP contribution in [0.2, 0.25) is 0 Å². The Kier molecular flexibility index (Phi) is 5.84. The molecule has 0 bridgehead atoms. The molecule has 20 heavy (non-hydrogen) atoms. The van der Waals surface area contributed by atoms with Gasteiger partial charge in [0.25, 0.3) is 0 Å². The van der Waals surface area contributed by atoms with Crippen molar-refractivity contribution < 1.29 is 13.2 Å². The van der Waals surface area contributed by atoms with E-state index >= 15 is 0 Å². The van der Waals surface area contributed by atoms with Crippen molar-refractivity contribution in [2.24, 2.45) is 5.92 Å². The second-order valence-electron chi connectivity index (χ2n) is 6.34. The molecule has 1 saturated heterocycles. The summed E-state index contributed by atoms with van der Waals surface area (Å²) in [5, 5.41) is 3.35. The van der Waals surface area contributed by atoms with Crippen molar-refractivity contribution in [1.82, 2.24) is 10.0 Å². The lowest BCUT2D eigenvalue weighted by molar-refractivity contribution is -0.0417. The van der Waals surface area contributed by atoms with Crippen LogP contribution >= 0.6 is 0 Å². The molecule has 0 amide bonds. The van der Waals surface area contributed by atoms with Crippen LogP contribution in [0.5, 0.6) is 0 Å². The van der Waals surface area contributed by atoms with Crippen molar-refractivity contribution in [1.29, 1.82) is 0 Å². The minimum absolute atomic E-state index is 0.167. The van der Waals surface area contributed by atoms with Gasteiger partial charge in [-0.05, 0) is 45.4 Å². The van der Waals surface area contributed by atoms with Crippen molar-refractivity contribution in [3.05, 3.63) is 0 Å². The van der Waals surface area contributed by atoms with Crippen LogP contribution in [0.25, 0.3) is 0 Å². The van der Waals surface area contributed by atoms with Gasteiger partial charge < -0.3 is 10.1 Å². The molecule has 0 aromatic rings. The zero-order valence-corrected chi connectivity index (χ0v) is 13.4. The molecular formula is C14H28N2O3S. The molecule has 2 rings (SSSR count). The fourth-order valence-corrected chi connectivity index (χ4v) is 4.00. The molecule has 0 spiro atoms. The largest absolute Gasteiger partial charge is 0.375 e. The third-order valence-electron chi connectivity index (χ3n) is 4.32. The number of sulfonamides is 1. The highest BCUT2D eigenvalue weighted by molar-refractivity contribution is 7.89. The molecule has 6 heteroatoms. The van der Waals surface area contributed by atoms with E-state index in [-0.39, 0.29) is 18.0 Å². The highest BCUT2D eigenvalue weighted by Gasteiger charge is 2.24. The molecule has 2 fully saturated rings. The van der Waals surface area contributed by atoms with Gasteiger partial charge in [0.15, 0.2) is 0 Å². The number of rotatable bonds is 7. The molecule has 2 N–H and O–H groups in total. The molecule has 0 aromatic carbocycles. The zero-order chi connectivity index (χ0) is 14.6. The van der Waals surface area contributed by atoms with Gasteiger partial charge in [0.05, 0.1) is 18.0 Å². The summed E-state index contributed by atoms with van der Waals surface area (Å²) in [5.74, 6) is 0.731. The molecule has 0 radical (unpaired) electrons. The van der Waals surface area contributed by atoms with Crippen molar-refractivity contribution in [2.75, 3.05) is 18.8 Å². The van der Waals surface area contributed by atoms with E-state index in [9.17, 15) is 8.42 Å². The maximum atomic E-state index is 11.9. The zero-order valence-electron chi connectivity index (χ0n) is 12.6. The van der Waals surface area contributed by atoms with Crippen LogP contribution < -0.4 is 10.0 Å². The monoisotopic (exact) mass is 304 g/mol. The number of hydrogen-bond acceptors (Lipinski definition) is 4. The quantitative estimate of drug-likeness (QED) is 0.743. The molecule has 0 aromatic heterocycles. The first-order valence-electron chi connectivity index (χ1n) is 7.81. The lowest BCUT2D eigenvalue weighted by Gasteiger charge is -2.32. The summed E-state index contributed by atoms with van der Waals surface area (Å²) in [4.78, 5) is 0. The molecule has 118 valence electrons. The van der Waals surface area contributed by atoms with Crippen LogP contribution in [0.1, 0.15) is 46.0 Å². The Balaban J connectivity index is 1.63. The lowest BCUT2D eigenvalue weighted by Crippen LogP contribution is -2.44. The number of nitrogens with one attached hydrogen (secondary N) is 2. The summed E-state index contributed by atoms with van der Waals surface area (Å²) < 4.78 is 32.1. The van der Waals surface area contributed by atoms with Crippen molar-refractivity contribution in [3.8, 4) is 0 Å². The van der Waals surface area contributed by atoms with Gasteiger partial charge in [-0.3, -0.25) is 0 Å². The second kappa shape index (κ2) is 7.20. The first kappa shape index (κ1) is 16.2. The van der Waals surface area contributed by atoms with E-state index in [0.717, 1.165) is 12.8 Å². The van der Waals surface area contributed by atoms with Crippen LogP contribution in [0.4, 0.5) is 0 Å². The summed E-state index contributed by atoms with van der Waals surface area (Å²) in [5.41, 5.74) is 0. The normalized spacial score (nSPS) is 32.0. The van der Waals surface area contributed by atoms with E-state index in [0.29, 0.717) is 25.0 Å². The molecular weight excluding hydrogens is 276 g/mol. The van der Waals surface area contributed by atoms with E-state index in [1.807, 2.05) is 0 Å². The summed E-state index contributed by atoms with van der Waals surface area (Å²) >= 11 is 0. The van der Waals surface area contributed by atoms with Crippen LogP contribution in [-0.4, -0.2) is 45.5 Å². The van der Waals surface area contributed by atoms with Gasteiger partial charge in [-0.25, -0.2) is 13.1 Å². The van der Waals surface area contributed by atoms with E-state index in [4.69, 9.17) is 4.74 Å². The fraction of sp³-hybridized carbons (Fsp3) is 1.00. The van der Waals surface area contributed by atoms with Gasteiger partial charge in [0.2, 0.25) is 10.0 Å². The standard InChI is InChI=1S/C14H28N2O3S/c1-11-8-14(9-12(2)19-11)15-6-7-20(17,18)16-10-13-4-3-5-13/h11-16H,3-10H2,1-2H3/t11-,12-/m0/s1. The topological polar surface area (TPSA) is 67.4 Å². The molecule has 2 atom stereocenters. The molecule has 1 heterocycles. The first-order valence-corrected chi connectivity index (χ1v) is 9.46. The van der Waals surface area contributed by atoms with Crippen molar-refractivity contribution in [2.45, 2.75) is 64.2 Å². The Bertz CT molecular complexity index is 385. The minimum Gasteiger partial charge on any atom is -0.375 e. The molecule has 0 unspecified atom stereocenters. The Labute approximate surface area is 122 Å². The first-order chi connectivity index (χ1) is 9.44. The smallest absolute Gasteiger partial charge is 0.212 e. The third-order valence-corrected chi connectivity index (χ3v) is 5.67. The van der Waals surface area contributed by atoms with Gasteiger partial charge in [-0.15, -0.1) is 0 Å². The van der Waals surface area contributed by atoms with Gasteiger partial charge in [-0.1, -0.05) is 6.42 Å². The van der Waals surface area contributed by atoms with Crippen molar-refractivity contribution in [3.63, 3.8) is 0 Å². The fourth-order valence-electron chi connectivity index (χ4n) is 2.98. The summed E-state index contributed by atoms with van der Waals surface area (Å²) in [6, 6.07) is 0.371. The maximum Gasteiger partial charge on any atom is 0.212 e. The van der Waals surface area contributed by atoms with Gasteiger partial charge in [0, 0.05) is 19.1 Å². The summed E-state index contributed by atoms with van der Waals surface area (Å²) in [6.07, 6.45) is 6.00. The minimum atomic E-state index is -3.12. The Morgan fingerprint density at radius 2 is 1.80 bits per heavy atom. The average molecular weight is 304 g/mol. The van der Waals surface area contributed by atoms with Gasteiger partial charge in [-0.2, -0.15) is 0 Å². The van der Waals surface area contributed by atoms with E-state index in [1.54, 1.807) is 0 Å². The maximum absolute atomic E-state index is 11.9. The number of hydrogen-bond donors (Lipinski definition) is 2. The Hall–Kier alpha value is -0.170. The lowest BCUT2D eigenvalue weighted by atomic mass is 9.86. The molecule has 1 aliphatic carbocycles. The third kappa shape index (κ3) is 5.31. The molecule has 1 aliphatic heterocycles. The predicted octanol–water partition coefficient (Wildman–Crippen LogP) is 1.25. The van der Waals surface area contributed by atoms with E-state index < -0.39 is 10.0 Å². The van der Waals surface area contributed by atoms with Crippen LogP contribution in [0.15, 0.2) is 0 Å². The molecule has 1 saturated carbocycles. The SMILES string of the molecule is C[C@H]1CC(NCCS(=O)(=O)NCC2CCC2)C[C@H](C)O1. The van der Waals surface area contributed by atoms with E-state index in [2.05, 4.69) is 23.9 Å². The van der Waals surface area contributed by atoms with Crippen LogP contribution in [0, 0.1) is 5.92 Å². The van der Waals surface area contributed by atoms with Gasteiger partial charge in [0.1, 0.15) is 0 Å². The van der Waals surface area contributed by atoms with Crippen molar-refractivity contribution >= 4 is 10.0 Å². The Morgan fingerprint density at radius 1 is 1.15 bits per heavy atom. The predicted molar refractivity (Wildman–Crippen MR) is 80.2 cm³/mol. The molecule has 5 nitrogen and oxygen atoms in total. The summed E-state index contributed by atoms with van der Waals surface area (Å²) in [6.45, 7) is 5.28. The van der Waals surface area contributed by atoms with Crippen LogP contribution in [0.3, 0.4) is 0 Å². The van der Waals surface area contributed by atoms with Gasteiger partial charge >= 0.3 is 0 Å². The summed E-state index contributed by atoms with van der Waals surface area (Å²) in [7, 11) is -3.12. The highest BCUT2D eigenvalue weighted by atomic mass is 32.2. The average Bonchev–Trinajstić information content (AvgIpc) is 2.24. The Morgan fingerprint density at radius 3 is 2.35 bits per heavy atom.